The first-order chi connectivity index (χ1) is 9.87. The summed E-state index contributed by atoms with van der Waals surface area (Å²) in [5.74, 6) is 0. The van der Waals surface area contributed by atoms with Gasteiger partial charge in [0.2, 0.25) is 0 Å². The van der Waals surface area contributed by atoms with E-state index in [9.17, 15) is 4.79 Å². The van der Waals surface area contributed by atoms with E-state index >= 15 is 0 Å². The van der Waals surface area contributed by atoms with Crippen LogP contribution in [0.15, 0.2) is 10.9 Å². The molecule has 0 spiro atoms. The third-order valence-corrected chi connectivity index (χ3v) is 4.16. The average molecular weight is 311 g/mol. The van der Waals surface area contributed by atoms with E-state index in [2.05, 4.69) is 22.6 Å². The largest absolute Gasteiger partial charge is 0.444 e. The third kappa shape index (κ3) is 4.68. The summed E-state index contributed by atoms with van der Waals surface area (Å²) in [4.78, 5) is 18.4. The molecular formula is C15H25N3O2S. The summed E-state index contributed by atoms with van der Waals surface area (Å²) >= 11 is 1.60. The van der Waals surface area contributed by atoms with Gasteiger partial charge >= 0.3 is 6.09 Å². The first-order valence-electron chi connectivity index (χ1n) is 7.48. The average Bonchev–Trinajstić information content (AvgIpc) is 3.04. The van der Waals surface area contributed by atoms with Crippen LogP contribution in [0.2, 0.25) is 0 Å². The number of hydrogen-bond donors (Lipinski definition) is 1. The fourth-order valence-corrected chi connectivity index (χ4v) is 3.11. The molecule has 6 heteroatoms. The Bertz CT molecular complexity index is 456. The van der Waals surface area contributed by atoms with E-state index in [4.69, 9.17) is 4.74 Å². The normalized spacial score (nSPS) is 20.6. The van der Waals surface area contributed by atoms with Crippen LogP contribution in [0.3, 0.4) is 0 Å². The monoisotopic (exact) mass is 311 g/mol. The van der Waals surface area contributed by atoms with E-state index < -0.39 is 5.60 Å². The van der Waals surface area contributed by atoms with Gasteiger partial charge in [0.1, 0.15) is 5.60 Å². The third-order valence-electron chi connectivity index (χ3n) is 3.56. The number of carbonyl (C=O) groups is 1. The van der Waals surface area contributed by atoms with Crippen LogP contribution in [-0.4, -0.2) is 40.7 Å². The summed E-state index contributed by atoms with van der Waals surface area (Å²) in [6.07, 6.45) is 1.86. The van der Waals surface area contributed by atoms with Crippen molar-refractivity contribution in [1.82, 2.24) is 15.2 Å². The van der Waals surface area contributed by atoms with Crippen molar-refractivity contribution >= 4 is 17.4 Å². The Morgan fingerprint density at radius 3 is 3.00 bits per heavy atom. The molecule has 1 N–H and O–H groups in total. The second-order valence-electron chi connectivity index (χ2n) is 6.51. The Labute approximate surface area is 130 Å². The number of likely N-dealkylation sites (tertiary alicyclic amines) is 1. The molecule has 0 saturated carbocycles. The van der Waals surface area contributed by atoms with Crippen molar-refractivity contribution in [2.45, 2.75) is 58.2 Å². The van der Waals surface area contributed by atoms with Crippen molar-refractivity contribution in [2.75, 3.05) is 13.1 Å². The maximum absolute atomic E-state index is 12.2. The summed E-state index contributed by atoms with van der Waals surface area (Å²) in [6.45, 7) is 9.36. The minimum absolute atomic E-state index is 0.201. The van der Waals surface area contributed by atoms with Gasteiger partial charge in [0.15, 0.2) is 0 Å². The van der Waals surface area contributed by atoms with E-state index in [1.54, 1.807) is 11.3 Å². The molecule has 1 aromatic heterocycles. The van der Waals surface area contributed by atoms with Gasteiger partial charge in [-0.05, 0) is 40.5 Å². The molecule has 2 rings (SSSR count). The molecule has 5 nitrogen and oxygen atoms in total. The molecule has 1 amide bonds. The lowest BCUT2D eigenvalue weighted by atomic mass is 10.2. The van der Waals surface area contributed by atoms with Crippen molar-refractivity contribution < 1.29 is 9.53 Å². The highest BCUT2D eigenvalue weighted by molar-refractivity contribution is 7.07. The summed E-state index contributed by atoms with van der Waals surface area (Å²) < 4.78 is 5.48. The van der Waals surface area contributed by atoms with E-state index in [1.165, 1.54) is 0 Å². The van der Waals surface area contributed by atoms with Gasteiger partial charge < -0.3 is 15.0 Å². The molecule has 0 aromatic carbocycles. The lowest BCUT2D eigenvalue weighted by Gasteiger charge is -2.29. The second kappa shape index (κ2) is 6.75. The summed E-state index contributed by atoms with van der Waals surface area (Å²) in [6, 6.07) is 0.415. The summed E-state index contributed by atoms with van der Waals surface area (Å²) in [5.41, 5.74) is 2.46. The van der Waals surface area contributed by atoms with Crippen molar-refractivity contribution in [3.8, 4) is 0 Å². The van der Waals surface area contributed by atoms with E-state index in [-0.39, 0.29) is 18.2 Å². The SMILES string of the molecule is CC(NCC1CCCN1C(=O)OC(C)(C)C)c1cscn1. The fourth-order valence-electron chi connectivity index (χ4n) is 2.46. The number of amides is 1. The van der Waals surface area contributed by atoms with Crippen LogP contribution in [0, 0.1) is 0 Å². The number of hydrogen-bond acceptors (Lipinski definition) is 5. The molecule has 0 aliphatic carbocycles. The number of rotatable bonds is 4. The molecule has 1 fully saturated rings. The second-order valence-corrected chi connectivity index (χ2v) is 7.23. The topological polar surface area (TPSA) is 54.5 Å². The van der Waals surface area contributed by atoms with Crippen LogP contribution in [0.4, 0.5) is 4.79 Å². The van der Waals surface area contributed by atoms with Crippen LogP contribution in [0.5, 0.6) is 0 Å². The van der Waals surface area contributed by atoms with Gasteiger partial charge in [-0.15, -0.1) is 11.3 Å². The van der Waals surface area contributed by atoms with Gasteiger partial charge in [-0.3, -0.25) is 0 Å². The lowest BCUT2D eigenvalue weighted by Crippen LogP contribution is -2.44. The van der Waals surface area contributed by atoms with Gasteiger partial charge in [0, 0.05) is 30.6 Å². The predicted molar refractivity (Wildman–Crippen MR) is 84.5 cm³/mol. The van der Waals surface area contributed by atoms with Crippen LogP contribution < -0.4 is 5.32 Å². The van der Waals surface area contributed by atoms with Crippen molar-refractivity contribution in [2.24, 2.45) is 0 Å². The molecule has 2 heterocycles. The Morgan fingerprint density at radius 2 is 2.38 bits per heavy atom. The van der Waals surface area contributed by atoms with Crippen LogP contribution in [0.25, 0.3) is 0 Å². The van der Waals surface area contributed by atoms with Crippen LogP contribution in [-0.2, 0) is 4.74 Å². The van der Waals surface area contributed by atoms with Gasteiger partial charge in [-0.25, -0.2) is 9.78 Å². The number of nitrogens with zero attached hydrogens (tertiary/aromatic N) is 2. The fraction of sp³-hybridized carbons (Fsp3) is 0.733. The van der Waals surface area contributed by atoms with E-state index in [1.807, 2.05) is 31.2 Å². The first kappa shape index (κ1) is 16.2. The molecule has 118 valence electrons. The molecule has 2 unspecified atom stereocenters. The summed E-state index contributed by atoms with van der Waals surface area (Å²) in [5, 5.41) is 5.52. The molecule has 1 aromatic rings. The quantitative estimate of drug-likeness (QED) is 0.928. The predicted octanol–water partition coefficient (Wildman–Crippen LogP) is 3.19. The van der Waals surface area contributed by atoms with E-state index in [0.717, 1.165) is 31.6 Å². The zero-order chi connectivity index (χ0) is 15.5. The number of nitrogens with one attached hydrogen (secondary N) is 1. The first-order valence-corrected chi connectivity index (χ1v) is 8.42. The minimum Gasteiger partial charge on any atom is -0.444 e. The molecule has 2 atom stereocenters. The number of carbonyl (C=O) groups excluding carboxylic acids is 1. The highest BCUT2D eigenvalue weighted by atomic mass is 32.1. The molecular weight excluding hydrogens is 286 g/mol. The molecule has 1 aliphatic rings. The zero-order valence-electron chi connectivity index (χ0n) is 13.3. The van der Waals surface area contributed by atoms with Gasteiger partial charge in [0.05, 0.1) is 11.2 Å². The maximum atomic E-state index is 12.2. The molecule has 0 radical (unpaired) electrons. The Morgan fingerprint density at radius 1 is 1.62 bits per heavy atom. The number of thiazole rings is 1. The van der Waals surface area contributed by atoms with Gasteiger partial charge in [-0.1, -0.05) is 0 Å². The van der Waals surface area contributed by atoms with Crippen molar-refractivity contribution in [3.63, 3.8) is 0 Å². The summed E-state index contributed by atoms with van der Waals surface area (Å²) in [7, 11) is 0. The Hall–Kier alpha value is -1.14. The number of ether oxygens (including phenoxy) is 1. The smallest absolute Gasteiger partial charge is 0.410 e. The number of aromatic nitrogens is 1. The molecule has 1 aliphatic heterocycles. The minimum atomic E-state index is -0.439. The lowest BCUT2D eigenvalue weighted by molar-refractivity contribution is 0.0225. The highest BCUT2D eigenvalue weighted by Crippen LogP contribution is 2.21. The Balaban J connectivity index is 1.86. The van der Waals surface area contributed by atoms with Gasteiger partial charge in [0.25, 0.3) is 0 Å². The van der Waals surface area contributed by atoms with E-state index in [0.29, 0.717) is 0 Å². The molecule has 21 heavy (non-hydrogen) atoms. The molecule has 0 bridgehead atoms. The van der Waals surface area contributed by atoms with Crippen molar-refractivity contribution in [3.05, 3.63) is 16.6 Å². The van der Waals surface area contributed by atoms with Crippen LogP contribution >= 0.6 is 11.3 Å². The van der Waals surface area contributed by atoms with Gasteiger partial charge in [-0.2, -0.15) is 0 Å². The van der Waals surface area contributed by atoms with Crippen LogP contribution in [0.1, 0.15) is 52.3 Å². The Kier molecular flexibility index (Phi) is 5.22. The zero-order valence-corrected chi connectivity index (χ0v) is 14.1. The van der Waals surface area contributed by atoms with Crippen molar-refractivity contribution in [1.29, 1.82) is 0 Å². The molecule has 1 saturated heterocycles. The highest BCUT2D eigenvalue weighted by Gasteiger charge is 2.32. The standard InChI is InChI=1S/C15H25N3O2S/c1-11(13-9-21-10-17-13)16-8-12-6-5-7-18(12)14(19)20-15(2,3)4/h9-12,16H,5-8H2,1-4H3. The maximum Gasteiger partial charge on any atom is 0.410 e.